The van der Waals surface area contributed by atoms with Crippen LogP contribution in [0.5, 0.6) is 0 Å². The Labute approximate surface area is 103 Å². The highest BCUT2D eigenvalue weighted by atomic mass is 32.2. The molecular weight excluding hydrogens is 236 g/mol. The van der Waals surface area contributed by atoms with Crippen molar-refractivity contribution in [3.8, 4) is 0 Å². The lowest BCUT2D eigenvalue weighted by Gasteiger charge is -2.18. The van der Waals surface area contributed by atoms with Crippen molar-refractivity contribution in [3.63, 3.8) is 0 Å². The van der Waals surface area contributed by atoms with Gasteiger partial charge in [0.15, 0.2) is 0 Å². The minimum atomic E-state index is -3.41. The summed E-state index contributed by atoms with van der Waals surface area (Å²) in [7, 11) is -3.41. The van der Waals surface area contributed by atoms with E-state index in [0.717, 1.165) is 11.0 Å². The molecule has 0 aromatic heterocycles. The number of hydrogen-bond acceptors (Lipinski definition) is 3. The Morgan fingerprint density at radius 1 is 1.18 bits per heavy atom. The van der Waals surface area contributed by atoms with Gasteiger partial charge in [0.05, 0.1) is 0 Å². The van der Waals surface area contributed by atoms with Crippen LogP contribution in [0.15, 0.2) is 29.7 Å². The van der Waals surface area contributed by atoms with Gasteiger partial charge in [-0.05, 0) is 44.5 Å². The zero-order valence-electron chi connectivity index (χ0n) is 10.3. The summed E-state index contributed by atoms with van der Waals surface area (Å²) in [6.45, 7) is 5.38. The Morgan fingerprint density at radius 3 is 2.18 bits per heavy atom. The number of benzene rings is 1. The van der Waals surface area contributed by atoms with Crippen molar-refractivity contribution in [3.05, 3.63) is 35.2 Å². The number of nitrogen functional groups attached to an aromatic ring is 1. The highest BCUT2D eigenvalue weighted by molar-refractivity contribution is 7.92. The van der Waals surface area contributed by atoms with Crippen molar-refractivity contribution in [1.29, 1.82) is 0 Å². The second kappa shape index (κ2) is 4.89. The maximum absolute atomic E-state index is 11.7. The van der Waals surface area contributed by atoms with E-state index in [1.54, 1.807) is 45.0 Å². The maximum Gasteiger partial charge on any atom is 0.234 e. The van der Waals surface area contributed by atoms with E-state index >= 15 is 0 Å². The number of anilines is 1. The van der Waals surface area contributed by atoms with Crippen LogP contribution < -0.4 is 10.5 Å². The van der Waals surface area contributed by atoms with Gasteiger partial charge in [0.2, 0.25) is 10.0 Å². The van der Waals surface area contributed by atoms with Crippen molar-refractivity contribution in [1.82, 2.24) is 4.72 Å². The number of nitrogens with two attached hydrogens (primary N) is 1. The van der Waals surface area contributed by atoms with Gasteiger partial charge >= 0.3 is 0 Å². The van der Waals surface area contributed by atoms with Crippen molar-refractivity contribution < 1.29 is 8.42 Å². The summed E-state index contributed by atoms with van der Waals surface area (Å²) in [6, 6.07) is 6.98. The molecule has 1 aromatic rings. The van der Waals surface area contributed by atoms with Crippen molar-refractivity contribution in [2.24, 2.45) is 0 Å². The molecule has 0 aliphatic heterocycles. The molecule has 0 saturated heterocycles. The number of hydrogen-bond donors (Lipinski definition) is 2. The molecule has 0 amide bonds. The van der Waals surface area contributed by atoms with Crippen LogP contribution in [0.3, 0.4) is 0 Å². The van der Waals surface area contributed by atoms with Crippen molar-refractivity contribution >= 4 is 21.8 Å². The van der Waals surface area contributed by atoms with E-state index in [1.807, 2.05) is 0 Å². The molecule has 1 rings (SSSR count). The molecule has 0 aliphatic carbocycles. The fourth-order valence-corrected chi connectivity index (χ4v) is 2.49. The van der Waals surface area contributed by atoms with Crippen LogP contribution in [-0.2, 0) is 10.0 Å². The van der Waals surface area contributed by atoms with Crippen LogP contribution in [0.1, 0.15) is 26.3 Å². The highest BCUT2D eigenvalue weighted by Crippen LogP contribution is 2.09. The first kappa shape index (κ1) is 13.7. The molecule has 0 heterocycles. The van der Waals surface area contributed by atoms with Gasteiger partial charge in [0.25, 0.3) is 0 Å². The zero-order chi connectivity index (χ0) is 13.1. The maximum atomic E-state index is 11.7. The predicted molar refractivity (Wildman–Crippen MR) is 71.7 cm³/mol. The molecule has 0 aliphatic rings. The molecule has 0 radical (unpaired) electrons. The Hall–Kier alpha value is -1.33. The van der Waals surface area contributed by atoms with E-state index in [2.05, 4.69) is 4.72 Å². The van der Waals surface area contributed by atoms with E-state index < -0.39 is 15.6 Å². The monoisotopic (exact) mass is 254 g/mol. The lowest BCUT2D eigenvalue weighted by Crippen LogP contribution is -2.39. The van der Waals surface area contributed by atoms with Gasteiger partial charge in [-0.15, -0.1) is 0 Å². The molecule has 0 saturated carbocycles. The quantitative estimate of drug-likeness (QED) is 0.810. The number of nitrogens with one attached hydrogen (secondary N) is 1. The van der Waals surface area contributed by atoms with Crippen LogP contribution in [0.25, 0.3) is 6.08 Å². The van der Waals surface area contributed by atoms with Crippen LogP contribution in [0.2, 0.25) is 0 Å². The van der Waals surface area contributed by atoms with Gasteiger partial charge in [0.1, 0.15) is 0 Å². The first-order valence-electron chi connectivity index (χ1n) is 5.26. The topological polar surface area (TPSA) is 72.2 Å². The van der Waals surface area contributed by atoms with Crippen LogP contribution >= 0.6 is 0 Å². The fraction of sp³-hybridized carbons (Fsp3) is 0.333. The average molecular weight is 254 g/mol. The molecular formula is C12H18N2O2S. The Balaban J connectivity index is 2.81. The van der Waals surface area contributed by atoms with Crippen molar-refractivity contribution in [2.75, 3.05) is 5.73 Å². The van der Waals surface area contributed by atoms with Crippen LogP contribution in [-0.4, -0.2) is 14.0 Å². The van der Waals surface area contributed by atoms with Crippen LogP contribution in [0.4, 0.5) is 5.69 Å². The van der Waals surface area contributed by atoms with Gasteiger partial charge in [-0.25, -0.2) is 13.1 Å². The molecule has 0 fully saturated rings. The first-order valence-corrected chi connectivity index (χ1v) is 6.80. The molecule has 94 valence electrons. The molecule has 0 bridgehead atoms. The van der Waals surface area contributed by atoms with Gasteiger partial charge in [-0.3, -0.25) is 0 Å². The van der Waals surface area contributed by atoms with E-state index in [1.165, 1.54) is 6.08 Å². The molecule has 0 atom stereocenters. The van der Waals surface area contributed by atoms with E-state index in [-0.39, 0.29) is 0 Å². The van der Waals surface area contributed by atoms with Gasteiger partial charge in [0, 0.05) is 16.6 Å². The Bertz CT molecular complexity index is 496. The number of rotatable bonds is 3. The molecule has 5 heteroatoms. The minimum absolute atomic E-state index is 0.482. The van der Waals surface area contributed by atoms with Gasteiger partial charge < -0.3 is 5.73 Å². The standard InChI is InChI=1S/C12H18N2O2S/c1-12(2,3)14-17(15,16)9-8-10-4-6-11(13)7-5-10/h4-9,14H,13H2,1-3H3. The average Bonchev–Trinajstić information content (AvgIpc) is 2.13. The van der Waals surface area contributed by atoms with E-state index in [9.17, 15) is 8.42 Å². The van der Waals surface area contributed by atoms with E-state index in [4.69, 9.17) is 5.73 Å². The largest absolute Gasteiger partial charge is 0.399 e. The summed E-state index contributed by atoms with van der Waals surface area (Å²) < 4.78 is 25.9. The lowest BCUT2D eigenvalue weighted by molar-refractivity contribution is 0.497. The third kappa shape index (κ3) is 5.51. The summed E-state index contributed by atoms with van der Waals surface area (Å²) in [4.78, 5) is 0. The summed E-state index contributed by atoms with van der Waals surface area (Å²) in [5.74, 6) is 0. The van der Waals surface area contributed by atoms with Gasteiger partial charge in [-0.2, -0.15) is 0 Å². The molecule has 4 nitrogen and oxygen atoms in total. The molecule has 0 unspecified atom stereocenters. The lowest BCUT2D eigenvalue weighted by atomic mass is 10.1. The third-order valence-corrected chi connectivity index (χ3v) is 3.22. The molecule has 0 spiro atoms. The Kier molecular flexibility index (Phi) is 3.95. The van der Waals surface area contributed by atoms with Crippen molar-refractivity contribution in [2.45, 2.75) is 26.3 Å². The number of sulfonamides is 1. The first-order chi connectivity index (χ1) is 7.68. The second-order valence-corrected chi connectivity index (χ2v) is 6.43. The normalized spacial score (nSPS) is 13.1. The molecule has 17 heavy (non-hydrogen) atoms. The molecule has 1 aromatic carbocycles. The Morgan fingerprint density at radius 2 is 1.71 bits per heavy atom. The summed E-state index contributed by atoms with van der Waals surface area (Å²) in [5.41, 5.74) is 6.50. The predicted octanol–water partition coefficient (Wildman–Crippen LogP) is 1.96. The summed E-state index contributed by atoms with van der Waals surface area (Å²) >= 11 is 0. The SMILES string of the molecule is CC(C)(C)NS(=O)(=O)C=Cc1ccc(N)cc1. The van der Waals surface area contributed by atoms with Crippen LogP contribution in [0, 0.1) is 0 Å². The summed E-state index contributed by atoms with van der Waals surface area (Å²) in [6.07, 6.45) is 1.54. The molecule has 3 N–H and O–H groups in total. The zero-order valence-corrected chi connectivity index (χ0v) is 11.1. The van der Waals surface area contributed by atoms with E-state index in [0.29, 0.717) is 5.69 Å². The highest BCUT2D eigenvalue weighted by Gasteiger charge is 2.16. The van der Waals surface area contributed by atoms with Gasteiger partial charge in [-0.1, -0.05) is 12.1 Å². The fourth-order valence-electron chi connectivity index (χ4n) is 1.24. The minimum Gasteiger partial charge on any atom is -0.399 e. The summed E-state index contributed by atoms with van der Waals surface area (Å²) in [5, 5.41) is 1.16. The smallest absolute Gasteiger partial charge is 0.234 e. The third-order valence-electron chi connectivity index (χ3n) is 1.82. The second-order valence-electron chi connectivity index (χ2n) is 4.87.